The normalized spacial score (nSPS) is 19.4. The minimum Gasteiger partial charge on any atom is -0.381 e. The Balaban J connectivity index is 1.72. The van der Waals surface area contributed by atoms with E-state index in [1.807, 2.05) is 37.3 Å². The maximum atomic E-state index is 12.7. The zero-order valence-electron chi connectivity index (χ0n) is 12.5. The molecule has 0 saturated carbocycles. The Labute approximate surface area is 130 Å². The zero-order chi connectivity index (χ0) is 15.6. The van der Waals surface area contributed by atoms with Gasteiger partial charge in [0.15, 0.2) is 5.03 Å². The summed E-state index contributed by atoms with van der Waals surface area (Å²) < 4.78 is 28.6. The van der Waals surface area contributed by atoms with Crippen LogP contribution in [0, 0.1) is 0 Å². The van der Waals surface area contributed by atoms with E-state index < -0.39 is 10.0 Å². The monoisotopic (exact) mass is 320 g/mol. The minimum absolute atomic E-state index is 0.134. The molecule has 1 N–H and O–H groups in total. The zero-order valence-corrected chi connectivity index (χ0v) is 13.3. The highest BCUT2D eigenvalue weighted by Gasteiger charge is 2.34. The smallest absolute Gasteiger partial charge is 0.260 e. The summed E-state index contributed by atoms with van der Waals surface area (Å²) in [5.41, 5.74) is 1.02. The molecule has 0 bridgehead atoms. The Kier molecular flexibility index (Phi) is 4.17. The molecule has 2 aromatic rings. The maximum absolute atomic E-state index is 12.7. The van der Waals surface area contributed by atoms with Crippen molar-refractivity contribution in [3.05, 3.63) is 42.9 Å². The van der Waals surface area contributed by atoms with Gasteiger partial charge in [0.25, 0.3) is 10.0 Å². The summed E-state index contributed by atoms with van der Waals surface area (Å²) in [6, 6.07) is 10.0. The average molecular weight is 320 g/mol. The Morgan fingerprint density at radius 1 is 1.32 bits per heavy atom. The first kappa shape index (κ1) is 15.1. The van der Waals surface area contributed by atoms with Gasteiger partial charge in [-0.1, -0.05) is 18.2 Å². The van der Waals surface area contributed by atoms with Gasteiger partial charge in [0.2, 0.25) is 0 Å². The number of rotatable bonds is 5. The van der Waals surface area contributed by atoms with Crippen molar-refractivity contribution < 1.29 is 8.42 Å². The number of anilines is 1. The van der Waals surface area contributed by atoms with Crippen LogP contribution in [0.4, 0.5) is 5.69 Å². The van der Waals surface area contributed by atoms with Crippen LogP contribution in [0.1, 0.15) is 13.3 Å². The van der Waals surface area contributed by atoms with E-state index in [0.29, 0.717) is 19.6 Å². The quantitative estimate of drug-likeness (QED) is 0.912. The van der Waals surface area contributed by atoms with Crippen molar-refractivity contribution in [2.45, 2.75) is 31.0 Å². The summed E-state index contributed by atoms with van der Waals surface area (Å²) >= 11 is 0. The number of nitrogens with zero attached hydrogens (tertiary/aromatic N) is 3. The fourth-order valence-corrected chi connectivity index (χ4v) is 4.38. The van der Waals surface area contributed by atoms with Crippen LogP contribution >= 0.6 is 0 Å². The summed E-state index contributed by atoms with van der Waals surface area (Å²) in [6.45, 7) is 3.51. The second-order valence-corrected chi connectivity index (χ2v) is 7.26. The van der Waals surface area contributed by atoms with E-state index in [2.05, 4.69) is 10.3 Å². The predicted molar refractivity (Wildman–Crippen MR) is 85.1 cm³/mol. The molecule has 3 rings (SSSR count). The van der Waals surface area contributed by atoms with Crippen LogP contribution in [0.25, 0.3) is 0 Å². The Morgan fingerprint density at radius 2 is 2.09 bits per heavy atom. The van der Waals surface area contributed by atoms with Gasteiger partial charge in [-0.05, 0) is 25.5 Å². The molecule has 6 nitrogen and oxygen atoms in total. The summed E-state index contributed by atoms with van der Waals surface area (Å²) in [6.07, 6.45) is 3.79. The number of hydrogen-bond acceptors (Lipinski definition) is 4. The van der Waals surface area contributed by atoms with Crippen LogP contribution in [0.2, 0.25) is 0 Å². The number of imidazole rings is 1. The Hall–Kier alpha value is -1.86. The van der Waals surface area contributed by atoms with E-state index in [1.165, 1.54) is 10.5 Å². The highest BCUT2D eigenvalue weighted by molar-refractivity contribution is 7.89. The number of para-hydroxylation sites is 1. The van der Waals surface area contributed by atoms with E-state index in [4.69, 9.17) is 0 Å². The van der Waals surface area contributed by atoms with Gasteiger partial charge >= 0.3 is 0 Å². The molecular weight excluding hydrogens is 300 g/mol. The van der Waals surface area contributed by atoms with Gasteiger partial charge < -0.3 is 9.88 Å². The van der Waals surface area contributed by atoms with E-state index >= 15 is 0 Å². The van der Waals surface area contributed by atoms with Crippen LogP contribution < -0.4 is 5.32 Å². The molecule has 7 heteroatoms. The first-order chi connectivity index (χ1) is 10.6. The second kappa shape index (κ2) is 6.10. The molecule has 1 aromatic carbocycles. The molecule has 0 spiro atoms. The molecular formula is C15H20N4O2S. The molecule has 1 unspecified atom stereocenters. The van der Waals surface area contributed by atoms with Crippen molar-refractivity contribution in [2.75, 3.05) is 18.4 Å². The molecule has 1 fully saturated rings. The van der Waals surface area contributed by atoms with Crippen molar-refractivity contribution in [3.63, 3.8) is 0 Å². The van der Waals surface area contributed by atoms with Gasteiger partial charge in [-0.3, -0.25) is 0 Å². The highest BCUT2D eigenvalue weighted by atomic mass is 32.2. The van der Waals surface area contributed by atoms with Gasteiger partial charge in [0.1, 0.15) is 0 Å². The number of aryl methyl sites for hydroxylation is 1. The van der Waals surface area contributed by atoms with Gasteiger partial charge in [-0.15, -0.1) is 0 Å². The van der Waals surface area contributed by atoms with Crippen LogP contribution in [-0.2, 0) is 16.6 Å². The number of nitrogens with one attached hydrogen (secondary N) is 1. The number of aromatic nitrogens is 2. The summed E-state index contributed by atoms with van der Waals surface area (Å²) in [4.78, 5) is 3.96. The van der Waals surface area contributed by atoms with E-state index in [-0.39, 0.29) is 11.1 Å². The molecule has 22 heavy (non-hydrogen) atoms. The van der Waals surface area contributed by atoms with Crippen molar-refractivity contribution in [2.24, 2.45) is 0 Å². The number of hydrogen-bond donors (Lipinski definition) is 1. The lowest BCUT2D eigenvalue weighted by Crippen LogP contribution is -2.32. The molecule has 1 aliphatic heterocycles. The van der Waals surface area contributed by atoms with Crippen LogP contribution in [0.15, 0.2) is 47.9 Å². The topological polar surface area (TPSA) is 67.2 Å². The third-order valence-electron chi connectivity index (χ3n) is 3.91. The highest BCUT2D eigenvalue weighted by Crippen LogP contribution is 2.23. The summed E-state index contributed by atoms with van der Waals surface area (Å²) in [5, 5.41) is 3.66. The first-order valence-corrected chi connectivity index (χ1v) is 8.87. The molecule has 1 aliphatic rings. The largest absolute Gasteiger partial charge is 0.381 e. The molecule has 0 radical (unpaired) electrons. The minimum atomic E-state index is -3.47. The lowest BCUT2D eigenvalue weighted by Gasteiger charge is -2.18. The first-order valence-electron chi connectivity index (χ1n) is 7.43. The molecule has 0 aliphatic carbocycles. The average Bonchev–Trinajstić information content (AvgIpc) is 3.17. The fourth-order valence-electron chi connectivity index (χ4n) is 2.73. The number of sulfonamides is 1. The molecule has 2 heterocycles. The van der Waals surface area contributed by atoms with Gasteiger partial charge in [-0.2, -0.15) is 4.31 Å². The molecule has 118 valence electrons. The van der Waals surface area contributed by atoms with Gasteiger partial charge in [0, 0.05) is 31.4 Å². The third-order valence-corrected chi connectivity index (χ3v) is 5.79. The van der Waals surface area contributed by atoms with E-state index in [9.17, 15) is 8.42 Å². The van der Waals surface area contributed by atoms with Crippen molar-refractivity contribution in [1.29, 1.82) is 0 Å². The van der Waals surface area contributed by atoms with Gasteiger partial charge in [-0.25, -0.2) is 13.4 Å². The van der Waals surface area contributed by atoms with Crippen LogP contribution in [-0.4, -0.2) is 41.4 Å². The van der Waals surface area contributed by atoms with Crippen molar-refractivity contribution in [1.82, 2.24) is 13.9 Å². The fraction of sp³-hybridized carbons (Fsp3) is 0.400. The lowest BCUT2D eigenvalue weighted by molar-refractivity contribution is 0.465. The second-order valence-electron chi connectivity index (χ2n) is 5.38. The Morgan fingerprint density at radius 3 is 2.82 bits per heavy atom. The summed E-state index contributed by atoms with van der Waals surface area (Å²) in [7, 11) is -3.47. The number of benzene rings is 1. The standard InChI is InChI=1S/C15H20N4O2S/c1-2-18-12-16-10-15(18)22(20,21)19-9-8-14(11-19)17-13-6-4-3-5-7-13/h3-7,10,12,14,17H,2,8-9,11H2,1H3. The van der Waals surface area contributed by atoms with Crippen LogP contribution in [0.3, 0.4) is 0 Å². The van der Waals surface area contributed by atoms with Crippen molar-refractivity contribution in [3.8, 4) is 0 Å². The molecule has 1 atom stereocenters. The maximum Gasteiger partial charge on any atom is 0.260 e. The third kappa shape index (κ3) is 2.86. The van der Waals surface area contributed by atoms with Crippen LogP contribution in [0.5, 0.6) is 0 Å². The molecule has 1 saturated heterocycles. The Bertz CT molecular complexity index is 727. The van der Waals surface area contributed by atoms with E-state index in [1.54, 1.807) is 10.9 Å². The molecule has 1 aromatic heterocycles. The van der Waals surface area contributed by atoms with Gasteiger partial charge in [0.05, 0.1) is 12.5 Å². The molecule has 0 amide bonds. The lowest BCUT2D eigenvalue weighted by atomic mass is 10.2. The SMILES string of the molecule is CCn1cncc1S(=O)(=O)N1CCC(Nc2ccccc2)C1. The van der Waals surface area contributed by atoms with E-state index in [0.717, 1.165) is 12.1 Å². The predicted octanol–water partition coefficient (Wildman–Crippen LogP) is 1.78. The van der Waals surface area contributed by atoms with Crippen molar-refractivity contribution >= 4 is 15.7 Å². The summed E-state index contributed by atoms with van der Waals surface area (Å²) in [5.74, 6) is 0.